The zero-order chi connectivity index (χ0) is 11.5. The van der Waals surface area contributed by atoms with Gasteiger partial charge in [0.25, 0.3) is 0 Å². The first-order valence-corrected chi connectivity index (χ1v) is 7.15. The van der Waals surface area contributed by atoms with Crippen molar-refractivity contribution in [1.82, 2.24) is 9.80 Å². The summed E-state index contributed by atoms with van der Waals surface area (Å²) >= 11 is 0. The van der Waals surface area contributed by atoms with E-state index in [1.165, 1.54) is 51.9 Å². The van der Waals surface area contributed by atoms with Crippen molar-refractivity contribution < 1.29 is 0 Å². The fourth-order valence-electron chi connectivity index (χ4n) is 3.14. The molecule has 0 aromatic rings. The van der Waals surface area contributed by atoms with Gasteiger partial charge in [-0.3, -0.25) is 9.80 Å². The van der Waals surface area contributed by atoms with E-state index in [1.807, 2.05) is 0 Å². The van der Waals surface area contributed by atoms with Crippen LogP contribution in [0, 0.1) is 5.92 Å². The van der Waals surface area contributed by atoms with Crippen molar-refractivity contribution in [1.29, 1.82) is 0 Å². The maximum Gasteiger partial charge on any atom is 0.0223 e. The van der Waals surface area contributed by atoms with Crippen molar-refractivity contribution in [2.24, 2.45) is 5.92 Å². The molecule has 0 saturated carbocycles. The molecular weight excluding hydrogens is 196 g/mol. The van der Waals surface area contributed by atoms with E-state index in [0.717, 1.165) is 18.0 Å². The van der Waals surface area contributed by atoms with Gasteiger partial charge >= 0.3 is 0 Å². The van der Waals surface area contributed by atoms with Gasteiger partial charge in [0, 0.05) is 18.6 Å². The van der Waals surface area contributed by atoms with Gasteiger partial charge in [-0.2, -0.15) is 0 Å². The van der Waals surface area contributed by atoms with Crippen LogP contribution in [-0.4, -0.2) is 48.1 Å². The van der Waals surface area contributed by atoms with Gasteiger partial charge in [-0.15, -0.1) is 0 Å². The van der Waals surface area contributed by atoms with Crippen molar-refractivity contribution in [2.75, 3.05) is 26.2 Å². The normalized spacial score (nSPS) is 31.1. The maximum absolute atomic E-state index is 2.76. The molecule has 0 radical (unpaired) electrons. The van der Waals surface area contributed by atoms with E-state index in [0.29, 0.717) is 0 Å². The number of likely N-dealkylation sites (tertiary alicyclic amines) is 2. The summed E-state index contributed by atoms with van der Waals surface area (Å²) in [6, 6.07) is 1.58. The number of hydrogen-bond acceptors (Lipinski definition) is 2. The minimum atomic E-state index is 0.728. The lowest BCUT2D eigenvalue weighted by atomic mass is 9.95. The molecule has 2 saturated heterocycles. The number of piperidine rings is 2. The van der Waals surface area contributed by atoms with Crippen molar-refractivity contribution in [3.63, 3.8) is 0 Å². The Kier molecular flexibility index (Phi) is 4.26. The lowest BCUT2D eigenvalue weighted by Gasteiger charge is -2.43. The Labute approximate surface area is 101 Å². The van der Waals surface area contributed by atoms with E-state index < -0.39 is 0 Å². The predicted molar refractivity (Wildman–Crippen MR) is 69.7 cm³/mol. The fourth-order valence-corrected chi connectivity index (χ4v) is 3.14. The molecule has 0 aromatic heterocycles. The summed E-state index contributed by atoms with van der Waals surface area (Å²) in [6.07, 6.45) is 5.66. The monoisotopic (exact) mass is 224 g/mol. The standard InChI is InChI=1S/C14H28N2/c1-12(2)16-8-4-5-14(11-16)15-9-6-13(3)7-10-15/h12-14H,4-11H2,1-3H3. The molecule has 16 heavy (non-hydrogen) atoms. The average Bonchev–Trinajstić information content (AvgIpc) is 2.30. The first-order valence-electron chi connectivity index (χ1n) is 7.15. The predicted octanol–water partition coefficient (Wildman–Crippen LogP) is 2.59. The molecule has 2 rings (SSSR count). The molecule has 0 bridgehead atoms. The smallest absolute Gasteiger partial charge is 0.0223 e. The van der Waals surface area contributed by atoms with Crippen LogP contribution in [0.4, 0.5) is 0 Å². The number of nitrogens with zero attached hydrogens (tertiary/aromatic N) is 2. The second-order valence-electron chi connectivity index (χ2n) is 6.10. The van der Waals surface area contributed by atoms with E-state index >= 15 is 0 Å². The van der Waals surface area contributed by atoms with Crippen LogP contribution in [0.1, 0.15) is 46.5 Å². The van der Waals surface area contributed by atoms with Gasteiger partial charge in [0.1, 0.15) is 0 Å². The lowest BCUT2D eigenvalue weighted by Crippen LogP contribution is -2.51. The Balaban J connectivity index is 1.84. The molecule has 2 fully saturated rings. The second kappa shape index (κ2) is 5.50. The van der Waals surface area contributed by atoms with Crippen molar-refractivity contribution in [3.05, 3.63) is 0 Å². The first kappa shape index (κ1) is 12.4. The molecule has 0 amide bonds. The fraction of sp³-hybridized carbons (Fsp3) is 1.00. The third-order valence-electron chi connectivity index (χ3n) is 4.49. The highest BCUT2D eigenvalue weighted by Crippen LogP contribution is 2.23. The van der Waals surface area contributed by atoms with Crippen LogP contribution in [0.5, 0.6) is 0 Å². The zero-order valence-electron chi connectivity index (χ0n) is 11.3. The second-order valence-corrected chi connectivity index (χ2v) is 6.10. The van der Waals surface area contributed by atoms with Gasteiger partial charge < -0.3 is 0 Å². The van der Waals surface area contributed by atoms with Crippen molar-refractivity contribution >= 4 is 0 Å². The zero-order valence-corrected chi connectivity index (χ0v) is 11.3. The van der Waals surface area contributed by atoms with E-state index in [9.17, 15) is 0 Å². The summed E-state index contributed by atoms with van der Waals surface area (Å²) in [5.41, 5.74) is 0. The van der Waals surface area contributed by atoms with Gasteiger partial charge in [0.15, 0.2) is 0 Å². The van der Waals surface area contributed by atoms with E-state index in [-0.39, 0.29) is 0 Å². The quantitative estimate of drug-likeness (QED) is 0.711. The molecule has 1 unspecified atom stereocenters. The maximum atomic E-state index is 2.76. The van der Waals surface area contributed by atoms with Gasteiger partial charge in [-0.1, -0.05) is 6.92 Å². The molecular formula is C14H28N2. The van der Waals surface area contributed by atoms with Gasteiger partial charge in [-0.05, 0) is 65.1 Å². The Morgan fingerprint density at radius 2 is 1.69 bits per heavy atom. The lowest BCUT2D eigenvalue weighted by molar-refractivity contribution is 0.0587. The molecule has 0 aromatic carbocycles. The molecule has 94 valence electrons. The van der Waals surface area contributed by atoms with E-state index in [4.69, 9.17) is 0 Å². The summed E-state index contributed by atoms with van der Waals surface area (Å²) in [4.78, 5) is 5.42. The highest BCUT2D eigenvalue weighted by molar-refractivity contribution is 4.84. The Morgan fingerprint density at radius 3 is 2.31 bits per heavy atom. The summed E-state index contributed by atoms with van der Waals surface area (Å²) in [5.74, 6) is 0.959. The van der Waals surface area contributed by atoms with Gasteiger partial charge in [-0.25, -0.2) is 0 Å². The molecule has 1 atom stereocenters. The van der Waals surface area contributed by atoms with Crippen LogP contribution in [0.15, 0.2) is 0 Å². The van der Waals surface area contributed by atoms with E-state index in [1.54, 1.807) is 0 Å². The summed E-state index contributed by atoms with van der Waals surface area (Å²) < 4.78 is 0. The topological polar surface area (TPSA) is 6.48 Å². The third kappa shape index (κ3) is 2.98. The number of hydrogen-bond donors (Lipinski definition) is 0. The molecule has 2 aliphatic rings. The van der Waals surface area contributed by atoms with Gasteiger partial charge in [0.2, 0.25) is 0 Å². The summed E-state index contributed by atoms with van der Waals surface area (Å²) in [6.45, 7) is 12.4. The van der Waals surface area contributed by atoms with Crippen molar-refractivity contribution in [2.45, 2.75) is 58.5 Å². The molecule has 2 aliphatic heterocycles. The van der Waals surface area contributed by atoms with Crippen molar-refractivity contribution in [3.8, 4) is 0 Å². The molecule has 2 nitrogen and oxygen atoms in total. The van der Waals surface area contributed by atoms with Crippen LogP contribution < -0.4 is 0 Å². The van der Waals surface area contributed by atoms with Crippen LogP contribution in [0.3, 0.4) is 0 Å². The SMILES string of the molecule is CC1CCN(C2CCCN(C(C)C)C2)CC1. The first-order chi connectivity index (χ1) is 7.66. The molecule has 2 heteroatoms. The van der Waals surface area contributed by atoms with Crippen LogP contribution in [0.2, 0.25) is 0 Å². The third-order valence-corrected chi connectivity index (χ3v) is 4.49. The van der Waals surface area contributed by atoms with Crippen LogP contribution in [-0.2, 0) is 0 Å². The Morgan fingerprint density at radius 1 is 1.00 bits per heavy atom. The highest BCUT2D eigenvalue weighted by atomic mass is 15.2. The molecule has 0 spiro atoms. The molecule has 2 heterocycles. The van der Waals surface area contributed by atoms with E-state index in [2.05, 4.69) is 30.6 Å². The molecule has 0 aliphatic carbocycles. The Bertz CT molecular complexity index is 207. The minimum absolute atomic E-state index is 0.728. The van der Waals surface area contributed by atoms with Gasteiger partial charge in [0.05, 0.1) is 0 Å². The largest absolute Gasteiger partial charge is 0.299 e. The van der Waals surface area contributed by atoms with Crippen LogP contribution in [0.25, 0.3) is 0 Å². The summed E-state index contributed by atoms with van der Waals surface area (Å²) in [5, 5.41) is 0. The minimum Gasteiger partial charge on any atom is -0.299 e. The Hall–Kier alpha value is -0.0800. The summed E-state index contributed by atoms with van der Waals surface area (Å²) in [7, 11) is 0. The highest BCUT2D eigenvalue weighted by Gasteiger charge is 2.28. The average molecular weight is 224 g/mol. The number of rotatable bonds is 2. The van der Waals surface area contributed by atoms with Crippen LogP contribution >= 0.6 is 0 Å². The molecule has 0 N–H and O–H groups in total.